The van der Waals surface area contributed by atoms with E-state index in [4.69, 9.17) is 11.6 Å². The lowest BCUT2D eigenvalue weighted by Gasteiger charge is -2.19. The van der Waals surface area contributed by atoms with E-state index in [-0.39, 0.29) is 11.7 Å². The van der Waals surface area contributed by atoms with Crippen LogP contribution in [0.25, 0.3) is 0 Å². The van der Waals surface area contributed by atoms with Gasteiger partial charge in [0.2, 0.25) is 10.0 Å². The summed E-state index contributed by atoms with van der Waals surface area (Å²) < 4.78 is 25.5. The van der Waals surface area contributed by atoms with E-state index in [9.17, 15) is 8.42 Å². The summed E-state index contributed by atoms with van der Waals surface area (Å²) in [6.07, 6.45) is 0. The van der Waals surface area contributed by atoms with Crippen molar-refractivity contribution in [1.82, 2.24) is 4.31 Å². The molecular weight excluding hydrogens is 270 g/mol. The smallest absolute Gasteiger partial charge is 0.212 e. The first kappa shape index (κ1) is 15.5. The van der Waals surface area contributed by atoms with Gasteiger partial charge in [0.15, 0.2) is 0 Å². The van der Waals surface area contributed by atoms with Crippen LogP contribution in [-0.4, -0.2) is 31.4 Å². The van der Waals surface area contributed by atoms with E-state index in [1.807, 2.05) is 38.1 Å². The van der Waals surface area contributed by atoms with E-state index < -0.39 is 10.0 Å². The Labute approximate surface area is 115 Å². The van der Waals surface area contributed by atoms with Crippen LogP contribution in [-0.2, 0) is 16.6 Å². The molecule has 0 fully saturated rings. The summed E-state index contributed by atoms with van der Waals surface area (Å²) in [7, 11) is -1.62. The van der Waals surface area contributed by atoms with Gasteiger partial charge in [-0.25, -0.2) is 12.7 Å². The van der Waals surface area contributed by atoms with Crippen molar-refractivity contribution in [2.75, 3.05) is 18.7 Å². The molecule has 0 spiro atoms. The van der Waals surface area contributed by atoms with Gasteiger partial charge in [-0.1, -0.05) is 36.8 Å². The number of alkyl halides is 1. The van der Waals surface area contributed by atoms with Gasteiger partial charge in [-0.2, -0.15) is 0 Å². The van der Waals surface area contributed by atoms with Crippen molar-refractivity contribution in [1.29, 1.82) is 0 Å². The average molecular weight is 290 g/mol. The molecule has 3 nitrogen and oxygen atoms in total. The number of hydrogen-bond acceptors (Lipinski definition) is 2. The number of sulfonamides is 1. The standard InChI is InChI=1S/C13H20ClNO2S/c1-11-4-6-13(7-5-11)9-15(3)18(16,17)10-12(2)8-14/h4-7,12H,8-10H2,1-3H3. The van der Waals surface area contributed by atoms with Gasteiger partial charge in [0.05, 0.1) is 5.75 Å². The third kappa shape index (κ3) is 4.59. The fourth-order valence-corrected chi connectivity index (χ4v) is 3.26. The molecule has 1 rings (SSSR count). The maximum absolute atomic E-state index is 12.0. The molecule has 0 saturated heterocycles. The Morgan fingerprint density at radius 3 is 2.33 bits per heavy atom. The highest BCUT2D eigenvalue weighted by molar-refractivity contribution is 7.89. The lowest BCUT2D eigenvalue weighted by molar-refractivity contribution is 0.460. The van der Waals surface area contributed by atoms with E-state index in [2.05, 4.69) is 0 Å². The van der Waals surface area contributed by atoms with Crippen molar-refractivity contribution < 1.29 is 8.42 Å². The predicted molar refractivity (Wildman–Crippen MR) is 76.3 cm³/mol. The predicted octanol–water partition coefficient (Wildman–Crippen LogP) is 2.63. The molecule has 0 aliphatic rings. The normalized spacial score (nSPS) is 13.8. The van der Waals surface area contributed by atoms with Crippen LogP contribution in [0.5, 0.6) is 0 Å². The molecule has 0 aliphatic heterocycles. The van der Waals surface area contributed by atoms with Crippen LogP contribution in [0.2, 0.25) is 0 Å². The molecule has 1 aromatic rings. The third-order valence-corrected chi connectivity index (χ3v) is 5.36. The van der Waals surface area contributed by atoms with Crippen LogP contribution in [0.4, 0.5) is 0 Å². The molecule has 102 valence electrons. The van der Waals surface area contributed by atoms with Crippen molar-refractivity contribution >= 4 is 21.6 Å². The zero-order valence-corrected chi connectivity index (χ0v) is 12.6. The number of nitrogens with zero attached hydrogens (tertiary/aromatic N) is 1. The van der Waals surface area contributed by atoms with E-state index >= 15 is 0 Å². The molecule has 1 unspecified atom stereocenters. The van der Waals surface area contributed by atoms with Crippen LogP contribution in [0.1, 0.15) is 18.1 Å². The summed E-state index contributed by atoms with van der Waals surface area (Å²) in [6.45, 7) is 4.24. The van der Waals surface area contributed by atoms with Crippen LogP contribution in [0.3, 0.4) is 0 Å². The lowest BCUT2D eigenvalue weighted by Crippen LogP contribution is -2.31. The van der Waals surface area contributed by atoms with Crippen molar-refractivity contribution in [3.05, 3.63) is 35.4 Å². The van der Waals surface area contributed by atoms with E-state index in [0.29, 0.717) is 12.4 Å². The summed E-state index contributed by atoms with van der Waals surface area (Å²) in [5, 5.41) is 0. The van der Waals surface area contributed by atoms with E-state index in [0.717, 1.165) is 5.56 Å². The maximum atomic E-state index is 12.0. The minimum absolute atomic E-state index is 0.0304. The van der Waals surface area contributed by atoms with Gasteiger partial charge in [-0.05, 0) is 18.4 Å². The number of hydrogen-bond donors (Lipinski definition) is 0. The Morgan fingerprint density at radius 1 is 1.28 bits per heavy atom. The van der Waals surface area contributed by atoms with Crippen molar-refractivity contribution in [2.24, 2.45) is 5.92 Å². The number of halogens is 1. The van der Waals surface area contributed by atoms with Crippen molar-refractivity contribution in [2.45, 2.75) is 20.4 Å². The van der Waals surface area contributed by atoms with Gasteiger partial charge in [0.1, 0.15) is 0 Å². The van der Waals surface area contributed by atoms with Gasteiger partial charge in [0, 0.05) is 19.5 Å². The Balaban J connectivity index is 2.69. The zero-order valence-electron chi connectivity index (χ0n) is 11.1. The summed E-state index contributed by atoms with van der Waals surface area (Å²) in [5.41, 5.74) is 2.16. The lowest BCUT2D eigenvalue weighted by atomic mass is 10.1. The van der Waals surface area contributed by atoms with E-state index in [1.54, 1.807) is 7.05 Å². The molecule has 18 heavy (non-hydrogen) atoms. The highest BCUT2D eigenvalue weighted by Gasteiger charge is 2.20. The fourth-order valence-electron chi connectivity index (χ4n) is 1.58. The number of benzene rings is 1. The maximum Gasteiger partial charge on any atom is 0.214 e. The van der Waals surface area contributed by atoms with Gasteiger partial charge in [-0.3, -0.25) is 0 Å². The highest BCUT2D eigenvalue weighted by Crippen LogP contribution is 2.12. The average Bonchev–Trinajstić information content (AvgIpc) is 2.31. The highest BCUT2D eigenvalue weighted by atomic mass is 35.5. The molecule has 0 radical (unpaired) electrons. The number of rotatable bonds is 6. The first-order valence-electron chi connectivity index (χ1n) is 5.90. The summed E-state index contributed by atoms with van der Waals surface area (Å²) in [6, 6.07) is 7.87. The monoisotopic (exact) mass is 289 g/mol. The molecular formula is C13H20ClNO2S. The fraction of sp³-hybridized carbons (Fsp3) is 0.538. The van der Waals surface area contributed by atoms with Crippen LogP contribution in [0.15, 0.2) is 24.3 Å². The second-order valence-electron chi connectivity index (χ2n) is 4.78. The first-order valence-corrected chi connectivity index (χ1v) is 8.05. The van der Waals surface area contributed by atoms with Gasteiger partial charge < -0.3 is 0 Å². The SMILES string of the molecule is Cc1ccc(CN(C)S(=O)(=O)CC(C)CCl)cc1. The molecule has 0 bridgehead atoms. The van der Waals surface area contributed by atoms with Gasteiger partial charge in [0.25, 0.3) is 0 Å². The van der Waals surface area contributed by atoms with Crippen LogP contribution >= 0.6 is 11.6 Å². The Hall–Kier alpha value is -0.580. The van der Waals surface area contributed by atoms with E-state index in [1.165, 1.54) is 9.87 Å². The summed E-state index contributed by atoms with van der Waals surface area (Å²) in [5.74, 6) is 0.424. The second-order valence-corrected chi connectivity index (χ2v) is 7.21. The molecule has 1 atom stereocenters. The van der Waals surface area contributed by atoms with Gasteiger partial charge >= 0.3 is 0 Å². The van der Waals surface area contributed by atoms with Crippen LogP contribution < -0.4 is 0 Å². The second kappa shape index (κ2) is 6.55. The first-order chi connectivity index (χ1) is 8.35. The molecule has 1 aromatic carbocycles. The largest absolute Gasteiger partial charge is 0.214 e. The minimum atomic E-state index is -3.23. The molecule has 0 aromatic heterocycles. The van der Waals surface area contributed by atoms with Crippen LogP contribution in [0, 0.1) is 12.8 Å². The quantitative estimate of drug-likeness (QED) is 0.755. The minimum Gasteiger partial charge on any atom is -0.212 e. The Bertz CT molecular complexity index is 470. The number of aryl methyl sites for hydroxylation is 1. The van der Waals surface area contributed by atoms with Crippen molar-refractivity contribution in [3.8, 4) is 0 Å². The molecule has 5 heteroatoms. The zero-order chi connectivity index (χ0) is 13.8. The summed E-state index contributed by atoms with van der Waals surface area (Å²) in [4.78, 5) is 0. The topological polar surface area (TPSA) is 37.4 Å². The molecule has 0 amide bonds. The molecule has 0 heterocycles. The molecule has 0 aliphatic carbocycles. The molecule has 0 saturated carbocycles. The Kier molecular flexibility index (Phi) is 5.63. The Morgan fingerprint density at radius 2 is 1.83 bits per heavy atom. The van der Waals surface area contributed by atoms with Crippen molar-refractivity contribution in [3.63, 3.8) is 0 Å². The summed E-state index contributed by atoms with van der Waals surface area (Å²) >= 11 is 5.66. The third-order valence-electron chi connectivity index (χ3n) is 2.76. The molecule has 0 N–H and O–H groups in total. The van der Waals surface area contributed by atoms with Gasteiger partial charge in [-0.15, -0.1) is 11.6 Å².